The van der Waals surface area contributed by atoms with Gasteiger partial charge in [0.2, 0.25) is 23.6 Å². The molecule has 1 aromatic rings. The topological polar surface area (TPSA) is 132 Å². The third-order valence-electron chi connectivity index (χ3n) is 8.71. The van der Waals surface area contributed by atoms with Crippen molar-refractivity contribution in [3.05, 3.63) is 29.8 Å². The van der Waals surface area contributed by atoms with E-state index in [1.54, 1.807) is 7.05 Å². The van der Waals surface area contributed by atoms with Crippen LogP contribution in [0.3, 0.4) is 0 Å². The van der Waals surface area contributed by atoms with Crippen molar-refractivity contribution in [1.82, 2.24) is 15.1 Å². The summed E-state index contributed by atoms with van der Waals surface area (Å²) in [7, 11) is 1.61. The van der Waals surface area contributed by atoms with Gasteiger partial charge in [-0.1, -0.05) is 51.8 Å². The molecule has 0 radical (unpaired) electrons. The second kappa shape index (κ2) is 10.5. The number of anilines is 1. The minimum atomic E-state index is -1.01. The molecule has 10 heteroatoms. The quantitative estimate of drug-likeness (QED) is 0.511. The molecule has 5 rings (SSSR count). The first-order chi connectivity index (χ1) is 18.9. The van der Waals surface area contributed by atoms with E-state index in [0.29, 0.717) is 37.7 Å². The number of carbonyl (C=O) groups excluding carboxylic acids is 4. The number of ether oxygens (including phenoxy) is 1. The van der Waals surface area contributed by atoms with Gasteiger partial charge in [0, 0.05) is 25.7 Å². The number of rotatable bonds is 8. The molecule has 1 aromatic carbocycles. The molecule has 3 fully saturated rings. The van der Waals surface area contributed by atoms with Crippen molar-refractivity contribution in [1.29, 1.82) is 5.26 Å². The number of benzene rings is 1. The third kappa shape index (κ3) is 5.31. The first kappa shape index (κ1) is 28.1. The molecule has 3 aliphatic heterocycles. The van der Waals surface area contributed by atoms with Crippen molar-refractivity contribution in [2.45, 2.75) is 76.4 Å². The Morgan fingerprint density at radius 2 is 1.95 bits per heavy atom. The number of nitrogens with one attached hydrogen (secondary N) is 2. The molecule has 1 saturated carbocycles. The predicted octanol–water partition coefficient (Wildman–Crippen LogP) is 2.20. The lowest BCUT2D eigenvalue weighted by Gasteiger charge is -2.37. The number of fused-ring (bicyclic) bond motifs is 2. The molecular formula is C30H39N5O5. The molecule has 40 heavy (non-hydrogen) atoms. The summed E-state index contributed by atoms with van der Waals surface area (Å²) < 4.78 is 5.15. The summed E-state index contributed by atoms with van der Waals surface area (Å²) >= 11 is 0. The molecule has 1 spiro atoms. The van der Waals surface area contributed by atoms with Crippen LogP contribution in [0.25, 0.3) is 0 Å². The van der Waals surface area contributed by atoms with Crippen LogP contribution in [0.15, 0.2) is 24.3 Å². The Balaban J connectivity index is 1.41. The lowest BCUT2D eigenvalue weighted by atomic mass is 9.80. The molecule has 2 saturated heterocycles. The number of hydrogen-bond acceptors (Lipinski definition) is 6. The summed E-state index contributed by atoms with van der Waals surface area (Å²) in [6, 6.07) is 7.24. The molecule has 4 aliphatic rings. The van der Waals surface area contributed by atoms with E-state index in [-0.39, 0.29) is 47.9 Å². The molecule has 0 aromatic heterocycles. The van der Waals surface area contributed by atoms with Gasteiger partial charge in [-0.15, -0.1) is 0 Å². The lowest BCUT2D eigenvalue weighted by Crippen LogP contribution is -2.58. The van der Waals surface area contributed by atoms with Gasteiger partial charge in [0.05, 0.1) is 30.6 Å². The van der Waals surface area contributed by atoms with Crippen LogP contribution in [0.2, 0.25) is 0 Å². The van der Waals surface area contributed by atoms with Crippen molar-refractivity contribution in [2.24, 2.45) is 17.3 Å². The molecule has 4 atom stereocenters. The van der Waals surface area contributed by atoms with Crippen molar-refractivity contribution in [3.8, 4) is 6.07 Å². The predicted molar refractivity (Wildman–Crippen MR) is 147 cm³/mol. The summed E-state index contributed by atoms with van der Waals surface area (Å²) in [5.74, 6) is -0.962. The lowest BCUT2D eigenvalue weighted by molar-refractivity contribution is -0.149. The standard InChI is InChI=1S/C30H39N5O5/c1-29(2,3)13-24(34(4)26(37)23(11-18-9-10-18)32-25(36)19-15-40-16-19)27(38)35-17-30(12-20(35)14-31)21-7-5-6-8-22(21)33-28(30)39/h5-8,18-20,23-24H,9-13,15-17H2,1-4H3,(H,32,36)(H,33,39)/t20-,23?,24-,30-/m0/s1. The highest BCUT2D eigenvalue weighted by molar-refractivity contribution is 6.07. The van der Waals surface area contributed by atoms with E-state index in [1.807, 2.05) is 45.0 Å². The highest BCUT2D eigenvalue weighted by Crippen LogP contribution is 2.46. The van der Waals surface area contributed by atoms with Gasteiger partial charge >= 0.3 is 0 Å². The maximum atomic E-state index is 14.3. The smallest absolute Gasteiger partial charge is 0.246 e. The van der Waals surface area contributed by atoms with E-state index in [9.17, 15) is 24.4 Å². The molecule has 214 valence electrons. The maximum Gasteiger partial charge on any atom is 0.246 e. The zero-order valence-electron chi connectivity index (χ0n) is 23.7. The maximum absolute atomic E-state index is 14.3. The number of carbonyl (C=O) groups is 4. The Morgan fingerprint density at radius 1 is 1.25 bits per heavy atom. The summed E-state index contributed by atoms with van der Waals surface area (Å²) in [6.45, 7) is 6.76. The Morgan fingerprint density at radius 3 is 2.55 bits per heavy atom. The van der Waals surface area contributed by atoms with E-state index < -0.39 is 23.5 Å². The Labute approximate surface area is 235 Å². The highest BCUT2D eigenvalue weighted by Gasteiger charge is 2.57. The summed E-state index contributed by atoms with van der Waals surface area (Å²) in [5, 5.41) is 15.9. The first-order valence-electron chi connectivity index (χ1n) is 14.2. The Kier molecular flexibility index (Phi) is 7.38. The van der Waals surface area contributed by atoms with Gasteiger partial charge in [0.25, 0.3) is 0 Å². The van der Waals surface area contributed by atoms with Crippen LogP contribution in [-0.2, 0) is 29.3 Å². The van der Waals surface area contributed by atoms with Crippen LogP contribution in [0.4, 0.5) is 5.69 Å². The molecule has 2 N–H and O–H groups in total. The van der Waals surface area contributed by atoms with E-state index >= 15 is 0 Å². The fourth-order valence-electron chi connectivity index (χ4n) is 6.13. The zero-order chi connectivity index (χ0) is 28.8. The second-order valence-corrected chi connectivity index (χ2v) is 13.1. The fourth-order valence-corrected chi connectivity index (χ4v) is 6.13. The summed E-state index contributed by atoms with van der Waals surface area (Å²) in [4.78, 5) is 57.1. The number of likely N-dealkylation sites (N-methyl/N-ethyl adjacent to an activating group) is 1. The van der Waals surface area contributed by atoms with Gasteiger partial charge < -0.3 is 25.2 Å². The van der Waals surface area contributed by atoms with E-state index in [1.165, 1.54) is 9.80 Å². The van der Waals surface area contributed by atoms with Gasteiger partial charge in [-0.3, -0.25) is 19.2 Å². The molecule has 1 unspecified atom stereocenters. The SMILES string of the molecule is CN(C(=O)C(CC1CC1)NC(=O)C1COC1)[C@@H](CC(C)(C)C)C(=O)N1C[C@]2(C[C@H]1C#N)C(=O)Nc1ccccc12. The van der Waals surface area contributed by atoms with Crippen LogP contribution in [0, 0.1) is 28.6 Å². The van der Waals surface area contributed by atoms with Crippen LogP contribution >= 0.6 is 0 Å². The first-order valence-corrected chi connectivity index (χ1v) is 14.2. The van der Waals surface area contributed by atoms with Crippen LogP contribution < -0.4 is 10.6 Å². The zero-order valence-corrected chi connectivity index (χ0v) is 23.7. The van der Waals surface area contributed by atoms with E-state index in [4.69, 9.17) is 4.74 Å². The highest BCUT2D eigenvalue weighted by atomic mass is 16.5. The van der Waals surface area contributed by atoms with Crippen molar-refractivity contribution < 1.29 is 23.9 Å². The van der Waals surface area contributed by atoms with Crippen LogP contribution in [0.1, 0.15) is 58.4 Å². The average Bonchev–Trinajstić information content (AvgIpc) is 3.53. The fraction of sp³-hybridized carbons (Fsp3) is 0.633. The number of amides is 4. The molecule has 0 bridgehead atoms. The minimum Gasteiger partial charge on any atom is -0.380 e. The largest absolute Gasteiger partial charge is 0.380 e. The molecule has 10 nitrogen and oxygen atoms in total. The van der Waals surface area contributed by atoms with Crippen molar-refractivity contribution in [2.75, 3.05) is 32.1 Å². The summed E-state index contributed by atoms with van der Waals surface area (Å²) in [5.41, 5.74) is 0.172. The van der Waals surface area contributed by atoms with Gasteiger partial charge in [0.1, 0.15) is 18.1 Å². The van der Waals surface area contributed by atoms with Crippen molar-refractivity contribution >= 4 is 29.3 Å². The Hall–Kier alpha value is -3.45. The van der Waals surface area contributed by atoms with E-state index in [0.717, 1.165) is 18.4 Å². The van der Waals surface area contributed by atoms with Crippen molar-refractivity contribution in [3.63, 3.8) is 0 Å². The van der Waals surface area contributed by atoms with Gasteiger partial charge in [-0.25, -0.2) is 0 Å². The molecule has 1 aliphatic carbocycles. The van der Waals surface area contributed by atoms with Gasteiger partial charge in [-0.05, 0) is 35.8 Å². The number of hydrogen-bond donors (Lipinski definition) is 2. The molecular weight excluding hydrogens is 510 g/mol. The third-order valence-corrected chi connectivity index (χ3v) is 8.71. The monoisotopic (exact) mass is 549 g/mol. The van der Waals surface area contributed by atoms with Gasteiger partial charge in [-0.2, -0.15) is 5.26 Å². The molecule has 4 amide bonds. The second-order valence-electron chi connectivity index (χ2n) is 13.1. The van der Waals surface area contributed by atoms with E-state index in [2.05, 4.69) is 16.7 Å². The van der Waals surface area contributed by atoms with Crippen LogP contribution in [-0.4, -0.2) is 78.4 Å². The average molecular weight is 550 g/mol. The normalized spacial score (nSPS) is 25.4. The number of likely N-dealkylation sites (tertiary alicyclic amines) is 1. The number of para-hydroxylation sites is 1. The summed E-state index contributed by atoms with van der Waals surface area (Å²) in [6.07, 6.45) is 3.12. The van der Waals surface area contributed by atoms with Gasteiger partial charge in [0.15, 0.2) is 0 Å². The van der Waals surface area contributed by atoms with Crippen LogP contribution in [0.5, 0.6) is 0 Å². The number of nitrogens with zero attached hydrogens (tertiary/aromatic N) is 3. The minimum absolute atomic E-state index is 0.0689. The number of nitriles is 1. The Bertz CT molecular complexity index is 1240. The molecule has 3 heterocycles.